The summed E-state index contributed by atoms with van der Waals surface area (Å²) in [6, 6.07) is 4.21. The maximum atomic E-state index is 15.1. The second-order valence-electron chi connectivity index (χ2n) is 13.0. The molecule has 6 saturated heterocycles. The van der Waals surface area contributed by atoms with Crippen LogP contribution in [0.1, 0.15) is 103 Å². The molecule has 13 heteroatoms. The SMILES string of the molecule is O=C(Oc1c(F)c(F)c(S(=O)(=O)O)c(F)c1F)c1c(C2CC3CCC2S3)cc(C2CC3CCC2S3)cc1C1CC2CCC1S2. The van der Waals surface area contributed by atoms with Crippen molar-refractivity contribution in [2.75, 3.05) is 0 Å². The minimum absolute atomic E-state index is 0.0301. The predicted molar refractivity (Wildman–Crippen MR) is 163 cm³/mol. The van der Waals surface area contributed by atoms with Gasteiger partial charge in [0, 0.05) is 31.5 Å². The molecule has 8 rings (SSSR count). The minimum atomic E-state index is -5.65. The molecule has 6 fully saturated rings. The lowest BCUT2D eigenvalue weighted by Crippen LogP contribution is -2.26. The fourth-order valence-corrected chi connectivity index (χ4v) is 14.8. The van der Waals surface area contributed by atoms with E-state index in [1.165, 1.54) is 12.0 Å². The molecule has 1 N–H and O–H groups in total. The summed E-state index contributed by atoms with van der Waals surface area (Å²) >= 11 is 5.86. The van der Waals surface area contributed by atoms with Crippen molar-refractivity contribution in [3.05, 3.63) is 57.7 Å². The van der Waals surface area contributed by atoms with Crippen molar-refractivity contribution >= 4 is 51.4 Å². The third kappa shape index (κ3) is 4.76. The normalized spacial score (nSPS) is 35.2. The molecule has 0 spiro atoms. The second kappa shape index (κ2) is 10.8. The van der Waals surface area contributed by atoms with Crippen molar-refractivity contribution in [1.29, 1.82) is 0 Å². The van der Waals surface area contributed by atoms with Crippen LogP contribution in [-0.2, 0) is 10.1 Å². The van der Waals surface area contributed by atoms with Gasteiger partial charge in [-0.1, -0.05) is 12.1 Å². The van der Waals surface area contributed by atoms with Crippen LogP contribution in [0.4, 0.5) is 17.6 Å². The Morgan fingerprint density at radius 1 is 0.705 bits per heavy atom. The average Bonchev–Trinajstić information content (AvgIpc) is 3.85. The Hall–Kier alpha value is -1.41. The lowest BCUT2D eigenvalue weighted by molar-refractivity contribution is 0.0712. The average molecular weight is 687 g/mol. The highest BCUT2D eigenvalue weighted by molar-refractivity contribution is 8.01. The summed E-state index contributed by atoms with van der Waals surface area (Å²) in [5, 5.41) is 2.63. The van der Waals surface area contributed by atoms with Crippen molar-refractivity contribution in [1.82, 2.24) is 0 Å². The Labute approximate surface area is 265 Å². The number of hydrogen-bond donors (Lipinski definition) is 1. The van der Waals surface area contributed by atoms with Gasteiger partial charge < -0.3 is 4.74 Å². The molecule has 0 aromatic heterocycles. The Bertz CT molecular complexity index is 1610. The molecule has 2 aromatic rings. The van der Waals surface area contributed by atoms with Gasteiger partial charge in [0.15, 0.2) is 16.5 Å². The molecule has 6 heterocycles. The molecular formula is C31H30F4O5S4. The fourth-order valence-electron chi connectivity index (χ4n) is 8.72. The van der Waals surface area contributed by atoms with E-state index in [1.54, 1.807) is 0 Å². The molecule has 9 atom stereocenters. The molecule has 0 radical (unpaired) electrons. The van der Waals surface area contributed by atoms with E-state index in [0.717, 1.165) is 62.5 Å². The monoisotopic (exact) mass is 686 g/mol. The molecule has 2 aromatic carbocycles. The van der Waals surface area contributed by atoms with Crippen molar-refractivity contribution in [3.63, 3.8) is 0 Å². The zero-order valence-electron chi connectivity index (χ0n) is 23.4. The van der Waals surface area contributed by atoms with Gasteiger partial charge in [-0.25, -0.2) is 13.6 Å². The van der Waals surface area contributed by atoms with Gasteiger partial charge >= 0.3 is 16.1 Å². The summed E-state index contributed by atoms with van der Waals surface area (Å²) in [6.07, 6.45) is 9.36. The zero-order chi connectivity index (χ0) is 30.7. The topological polar surface area (TPSA) is 80.7 Å². The van der Waals surface area contributed by atoms with Crippen LogP contribution in [-0.4, -0.2) is 50.4 Å². The maximum absolute atomic E-state index is 15.1. The van der Waals surface area contributed by atoms with E-state index in [9.17, 15) is 22.0 Å². The Morgan fingerprint density at radius 3 is 1.50 bits per heavy atom. The largest absolute Gasteiger partial charge is 0.416 e. The minimum Gasteiger partial charge on any atom is -0.416 e. The first kappa shape index (κ1) is 30.0. The van der Waals surface area contributed by atoms with Crippen molar-refractivity contribution in [2.45, 2.75) is 112 Å². The van der Waals surface area contributed by atoms with Gasteiger partial charge in [-0.15, -0.1) is 0 Å². The summed E-state index contributed by atoms with van der Waals surface area (Å²) in [4.78, 5) is 12.0. The standard InChI is InChI=1S/C31H30F4O5S4/c32-25-27(34)30(44(37,38)39)28(35)26(33)29(25)40-31(36)24-19(17-10-14-2-5-22(17)42-14)7-12(16-9-13-1-4-21(16)41-13)8-20(24)18-11-15-3-6-23(18)43-15/h7-8,13-18,21-23H,1-6,9-11H2,(H,37,38,39). The number of rotatable bonds is 6. The molecule has 44 heavy (non-hydrogen) atoms. The molecule has 6 aliphatic heterocycles. The van der Waals surface area contributed by atoms with Crippen LogP contribution >= 0.6 is 35.3 Å². The van der Waals surface area contributed by atoms with Crippen LogP contribution in [0.3, 0.4) is 0 Å². The van der Waals surface area contributed by atoms with Gasteiger partial charge in [0.25, 0.3) is 0 Å². The molecular weight excluding hydrogens is 657 g/mol. The van der Waals surface area contributed by atoms with Gasteiger partial charge in [0.2, 0.25) is 17.4 Å². The third-order valence-electron chi connectivity index (χ3n) is 10.6. The van der Waals surface area contributed by atoms with Crippen LogP contribution in [0.5, 0.6) is 5.75 Å². The molecule has 5 nitrogen and oxygen atoms in total. The first-order valence-corrected chi connectivity index (χ1v) is 19.4. The third-order valence-corrected chi connectivity index (χ3v) is 16.7. The van der Waals surface area contributed by atoms with Crippen molar-refractivity contribution in [3.8, 4) is 5.75 Å². The van der Waals surface area contributed by atoms with Gasteiger partial charge in [-0.3, -0.25) is 4.55 Å². The van der Waals surface area contributed by atoms with Crippen LogP contribution < -0.4 is 4.74 Å². The highest BCUT2D eigenvalue weighted by atomic mass is 32.2. The van der Waals surface area contributed by atoms with Gasteiger partial charge in [-0.2, -0.15) is 52.5 Å². The Kier molecular flexibility index (Phi) is 7.36. The molecule has 6 aliphatic rings. The van der Waals surface area contributed by atoms with E-state index >= 15 is 8.78 Å². The number of hydrogen-bond acceptors (Lipinski definition) is 7. The highest BCUT2D eigenvalue weighted by Crippen LogP contribution is 2.59. The number of esters is 1. The summed E-state index contributed by atoms with van der Waals surface area (Å²) in [6.45, 7) is 0. The van der Waals surface area contributed by atoms with Crippen LogP contribution in [0.25, 0.3) is 0 Å². The van der Waals surface area contributed by atoms with Crippen molar-refractivity contribution in [2.24, 2.45) is 0 Å². The molecule has 6 bridgehead atoms. The summed E-state index contributed by atoms with van der Waals surface area (Å²) < 4.78 is 96.8. The zero-order valence-corrected chi connectivity index (χ0v) is 26.7. The van der Waals surface area contributed by atoms with E-state index in [2.05, 4.69) is 12.1 Å². The smallest absolute Gasteiger partial charge is 0.344 e. The Balaban J connectivity index is 1.28. The van der Waals surface area contributed by atoms with Gasteiger partial charge in [0.1, 0.15) is 0 Å². The van der Waals surface area contributed by atoms with E-state index in [0.29, 0.717) is 26.9 Å². The second-order valence-corrected chi connectivity index (χ2v) is 19.0. The van der Waals surface area contributed by atoms with Gasteiger partial charge in [0.05, 0.1) is 5.56 Å². The molecule has 0 amide bonds. The predicted octanol–water partition coefficient (Wildman–Crippen LogP) is 7.96. The number of thioether (sulfide) groups is 3. The summed E-state index contributed by atoms with van der Waals surface area (Å²) in [7, 11) is -5.65. The van der Waals surface area contributed by atoms with Crippen molar-refractivity contribution < 1.29 is 40.1 Å². The Morgan fingerprint density at radius 2 is 1.14 bits per heavy atom. The van der Waals surface area contributed by atoms with Gasteiger partial charge in [-0.05, 0) is 92.2 Å². The molecule has 9 unspecified atom stereocenters. The number of carbonyl (C=O) groups excluding carboxylic acids is 1. The first-order chi connectivity index (χ1) is 21.0. The van der Waals surface area contributed by atoms with E-state index in [1.807, 2.05) is 35.3 Å². The fraction of sp³-hybridized carbons (Fsp3) is 0.581. The number of fused-ring (bicyclic) bond motifs is 6. The van der Waals surface area contributed by atoms with E-state index in [4.69, 9.17) is 9.29 Å². The highest BCUT2D eigenvalue weighted by Gasteiger charge is 2.48. The summed E-state index contributed by atoms with van der Waals surface area (Å²) in [5.41, 5.74) is 3.00. The molecule has 236 valence electrons. The van der Waals surface area contributed by atoms with Crippen LogP contribution in [0, 0.1) is 23.3 Å². The number of benzene rings is 2. The lowest BCUT2D eigenvalue weighted by Gasteiger charge is -2.31. The van der Waals surface area contributed by atoms with Crippen LogP contribution in [0.15, 0.2) is 17.0 Å². The maximum Gasteiger partial charge on any atom is 0.344 e. The first-order valence-electron chi connectivity index (χ1n) is 15.2. The number of carbonyl (C=O) groups is 1. The van der Waals surface area contributed by atoms with E-state index < -0.39 is 50.0 Å². The number of ether oxygens (including phenoxy) is 1. The van der Waals surface area contributed by atoms with Crippen LogP contribution in [0.2, 0.25) is 0 Å². The lowest BCUT2D eigenvalue weighted by atomic mass is 9.73. The molecule has 0 aliphatic carbocycles. The summed E-state index contributed by atoms with van der Waals surface area (Å²) in [5.74, 6) is -11.5. The number of halogens is 4. The van der Waals surface area contributed by atoms with E-state index in [-0.39, 0.29) is 27.9 Å². The quantitative estimate of drug-likeness (QED) is 0.108. The molecule has 0 saturated carbocycles.